The molecule has 29 heteroatoms. The average Bonchev–Trinajstić information content (AvgIpc) is 3.43. The molecule has 0 aliphatic carbocycles. The Morgan fingerprint density at radius 2 is 1.12 bits per heavy atom. The van der Waals surface area contributed by atoms with E-state index in [0.717, 1.165) is 0 Å². The van der Waals surface area contributed by atoms with Gasteiger partial charge in [-0.05, 0) is 103 Å². The maximum Gasteiger partial charge on any atom is 0.381 e. The highest BCUT2D eigenvalue weighted by atomic mass is 79.9. The van der Waals surface area contributed by atoms with Gasteiger partial charge < -0.3 is 35.8 Å². The van der Waals surface area contributed by atoms with Crippen molar-refractivity contribution in [2.24, 2.45) is 0 Å². The average molecular weight is 1230 g/mol. The third-order valence-electron chi connectivity index (χ3n) is 8.05. The van der Waals surface area contributed by atoms with Crippen molar-refractivity contribution >= 4 is 101 Å². The van der Waals surface area contributed by atoms with Crippen LogP contribution in [-0.4, -0.2) is 101 Å². The minimum atomic E-state index is -3.83. The number of aliphatic hydroxyl groups is 1. The van der Waals surface area contributed by atoms with Gasteiger partial charge in [-0.3, -0.25) is 14.4 Å². The van der Waals surface area contributed by atoms with Gasteiger partial charge in [-0.15, -0.1) is 0 Å². The minimum Gasteiger partial charge on any atom is -0.464 e. The lowest BCUT2D eigenvalue weighted by Crippen LogP contribution is -2.39. The number of Topliss-reactive ketones (excluding diaryl/α,β-unsaturated/α-hetero) is 1. The summed E-state index contributed by atoms with van der Waals surface area (Å²) in [6, 6.07) is 20.4. The lowest BCUT2D eigenvalue weighted by molar-refractivity contribution is -0.168. The monoisotopic (exact) mass is 1230 g/mol. The van der Waals surface area contributed by atoms with Crippen molar-refractivity contribution in [1.82, 2.24) is 19.9 Å². The molecule has 3 aromatic carbocycles. The number of carbonyl (C=O) groups excluding carboxylic acids is 5. The molecule has 2 aromatic heterocycles. The Balaban J connectivity index is -0.000000888. The quantitative estimate of drug-likeness (QED) is 0.00875. The fourth-order valence-electron chi connectivity index (χ4n) is 4.24. The molecule has 1 unspecified atom stereocenters. The largest absolute Gasteiger partial charge is 0.464 e. The number of aldehydes is 1. The Hall–Kier alpha value is -7.35. The first kappa shape index (κ1) is 68.7. The molecule has 0 saturated heterocycles. The number of H-pyrrole nitrogens is 1. The van der Waals surface area contributed by atoms with Crippen molar-refractivity contribution in [3.05, 3.63) is 163 Å². The second kappa shape index (κ2) is 35.9. The normalized spacial score (nSPS) is 11.5. The van der Waals surface area contributed by atoms with Gasteiger partial charge in [-0.2, -0.15) is 53.6 Å². The van der Waals surface area contributed by atoms with E-state index in [9.17, 15) is 72.7 Å². The maximum absolute atomic E-state index is 13.4. The second-order valence-corrected chi connectivity index (χ2v) is 15.0. The molecule has 16 nitrogen and oxygen atoms in total. The number of nitrogens with two attached hydrogens (primary N) is 2. The molecule has 5 rings (SSSR count). The number of carbonyl (C=O) groups is 5. The number of nitrogens with zero attached hydrogens (tertiary/aromatic N) is 3. The highest BCUT2D eigenvalue weighted by molar-refractivity contribution is 9.10. The predicted molar refractivity (Wildman–Crippen MR) is 283 cm³/mol. The number of aliphatic hydroxyl groups excluding tert-OH is 1. The molecule has 78 heavy (non-hydrogen) atoms. The standard InChI is InChI=1S/C11H7ClF2N2.C11H8F2N2O.C7H10F2O3.C7H8F2O3.C6H8N2.C4H6O3.C3H3BrF2.H3P/c1-2-11(13,14)9-10(12)16-8-6-4-3-5-7(8)15-9;1-2-11(12,13)9-10(16)15-8-6-4-3-5-7(8)14-9;2*1-3-7(8,9)5(10)6(11)12-4-2;7-5-3-1-2-4-6(5)8;1-2-7-4(6)3-5;1-2-3(4,5)6;/h2-6H,1H2;2-6H,1H2,(H,15,16);3,5,10H,1,4H2,2H3;3H,1,4H2,2H3;1-4H,7-8H2;3H,2H2,1H3;2H,1H2;1H3/i;;;;;;;1T3. The molecule has 1 atom stereocenters. The van der Waals surface area contributed by atoms with Crippen LogP contribution in [0.2, 0.25) is 5.15 Å². The first-order valence-corrected chi connectivity index (χ1v) is 22.3. The van der Waals surface area contributed by atoms with Crippen LogP contribution in [0.4, 0.5) is 55.3 Å². The van der Waals surface area contributed by atoms with E-state index in [1.165, 1.54) is 13.8 Å². The maximum atomic E-state index is 13.4. The van der Waals surface area contributed by atoms with Gasteiger partial charge in [0, 0.05) is 0 Å². The first-order valence-electron chi connectivity index (χ1n) is 22.5. The smallest absolute Gasteiger partial charge is 0.381 e. The molecule has 0 bridgehead atoms. The highest BCUT2D eigenvalue weighted by Gasteiger charge is 2.42. The molecule has 0 aliphatic heterocycles. The molecule has 5 aromatic rings. The van der Waals surface area contributed by atoms with Gasteiger partial charge in [-0.25, -0.2) is 29.3 Å². The van der Waals surface area contributed by atoms with Crippen molar-refractivity contribution in [2.45, 2.75) is 55.4 Å². The summed E-state index contributed by atoms with van der Waals surface area (Å²) in [5.74, 6) is -19.7. The Bertz CT molecular complexity index is 2910. The lowest BCUT2D eigenvalue weighted by Gasteiger charge is -2.16. The van der Waals surface area contributed by atoms with Crippen molar-refractivity contribution in [3.63, 3.8) is 0 Å². The zero-order chi connectivity index (χ0) is 63.5. The summed E-state index contributed by atoms with van der Waals surface area (Å²) in [7, 11) is -1.87. The van der Waals surface area contributed by atoms with Crippen LogP contribution in [0, 0.1) is 0 Å². The SMILES string of the molecule is C=CC(F)(F)Br.C=CC(F)(F)C(=O)C(=O)OCC.C=CC(F)(F)C(O)C(=O)OCC.C=CC(F)(F)c1nc2ccccc2[nH]c1=O.C=CC(F)(F)c1nc2ccccc2nc1Cl.CCOC(=O)C=O.Nc1ccccc1N.[3H]P([3H])[3H]. The summed E-state index contributed by atoms with van der Waals surface area (Å²) in [6.07, 6.45) is -0.594. The number of halogens is 12. The van der Waals surface area contributed by atoms with Crippen LogP contribution >= 0.6 is 37.3 Å². The van der Waals surface area contributed by atoms with Gasteiger partial charge in [0.1, 0.15) is 0 Å². The number of hydrogen-bond donors (Lipinski definition) is 4. The van der Waals surface area contributed by atoms with Gasteiger partial charge >= 0.3 is 52.2 Å². The number of allylic oxidation sites excluding steroid dienone is 4. The van der Waals surface area contributed by atoms with E-state index >= 15 is 0 Å². The summed E-state index contributed by atoms with van der Waals surface area (Å²) in [4.78, 5) is 72.9. The van der Waals surface area contributed by atoms with Crippen LogP contribution in [0.3, 0.4) is 0 Å². The van der Waals surface area contributed by atoms with Crippen molar-refractivity contribution in [2.75, 3.05) is 31.3 Å². The lowest BCUT2D eigenvalue weighted by atomic mass is 10.2. The number of fused-ring (bicyclic) bond motifs is 2. The van der Waals surface area contributed by atoms with Gasteiger partial charge in [-0.1, -0.05) is 80.9 Å². The third-order valence-corrected chi connectivity index (χ3v) is 8.64. The number of para-hydroxylation sites is 6. The van der Waals surface area contributed by atoms with Crippen LogP contribution < -0.4 is 17.0 Å². The van der Waals surface area contributed by atoms with Crippen molar-refractivity contribution in [3.8, 4) is 0 Å². The Labute approximate surface area is 459 Å². The number of anilines is 2. The molecular formula is C49H53BrClF10N6O10P. The van der Waals surface area contributed by atoms with E-state index in [2.05, 4.69) is 67.0 Å². The van der Waals surface area contributed by atoms with Crippen LogP contribution in [0.15, 0.2) is 141 Å². The summed E-state index contributed by atoms with van der Waals surface area (Å²) in [5, 5.41) is 8.38. The number of hydrogen-bond acceptors (Lipinski definition) is 15. The van der Waals surface area contributed by atoms with E-state index in [0.29, 0.717) is 51.7 Å². The number of nitrogen functional groups attached to an aromatic ring is 2. The highest BCUT2D eigenvalue weighted by Crippen LogP contribution is 2.33. The Kier molecular flexibility index (Phi) is 31.6. The number of nitrogens with one attached hydrogen (secondary N) is 1. The molecule has 2 heterocycles. The van der Waals surface area contributed by atoms with Crippen LogP contribution in [0.5, 0.6) is 0 Å². The van der Waals surface area contributed by atoms with Gasteiger partial charge in [0.05, 0.1) is 57.1 Å². The Morgan fingerprint density at radius 3 is 1.50 bits per heavy atom. The summed E-state index contributed by atoms with van der Waals surface area (Å²) >= 11 is 7.69. The van der Waals surface area contributed by atoms with Crippen molar-refractivity contribution in [1.29, 1.82) is 3.84 Å². The topological polar surface area (TPSA) is 257 Å². The summed E-state index contributed by atoms with van der Waals surface area (Å²) < 4.78 is 156. The van der Waals surface area contributed by atoms with Crippen LogP contribution in [-0.2, 0) is 50.0 Å². The van der Waals surface area contributed by atoms with Gasteiger partial charge in [0.25, 0.3) is 5.56 Å². The molecule has 0 spiro atoms. The molecule has 0 fully saturated rings. The molecule has 0 amide bonds. The van der Waals surface area contributed by atoms with Gasteiger partial charge in [0.15, 0.2) is 16.5 Å². The van der Waals surface area contributed by atoms with Crippen LogP contribution in [0.25, 0.3) is 22.1 Å². The van der Waals surface area contributed by atoms with E-state index < -0.39 is 85.0 Å². The van der Waals surface area contributed by atoms with E-state index in [4.69, 9.17) is 32.0 Å². The van der Waals surface area contributed by atoms with Crippen LogP contribution in [0.1, 0.15) is 32.2 Å². The number of aromatic nitrogens is 4. The molecule has 428 valence electrons. The molecular weight excluding hydrogens is 1170 g/mol. The number of esters is 3. The number of rotatable bonds is 15. The second-order valence-electron chi connectivity index (χ2n) is 13.6. The number of ketones is 1. The number of alkyl halides is 11. The van der Waals surface area contributed by atoms with Gasteiger partial charge in [0.2, 0.25) is 12.4 Å². The zero-order valence-corrected chi connectivity index (χ0v) is 44.5. The number of ether oxygens (including phenoxy) is 3. The molecule has 0 saturated carbocycles. The Morgan fingerprint density at radius 1 is 0.705 bits per heavy atom. The molecule has 0 aliphatic rings. The predicted octanol–water partition coefficient (Wildman–Crippen LogP) is 10.3. The first-order chi connectivity index (χ1) is 37.4. The zero-order valence-electron chi connectivity index (χ0n) is 44.2. The summed E-state index contributed by atoms with van der Waals surface area (Å²) in [5.41, 5.74) is 11.4. The minimum absolute atomic E-state index is 0.0525. The molecule has 0 radical (unpaired) electrons. The number of benzene rings is 3. The van der Waals surface area contributed by atoms with E-state index in [-0.39, 0.29) is 43.4 Å². The van der Waals surface area contributed by atoms with Crippen molar-refractivity contribution < 1.29 is 87.2 Å². The third kappa shape index (κ3) is 27.1. The number of aromatic amines is 1. The van der Waals surface area contributed by atoms with E-state index in [1.54, 1.807) is 67.6 Å². The fraction of sp³-hybridized carbons (Fsp3) is 0.245. The molecule has 6 N–H and O–H groups in total. The summed E-state index contributed by atoms with van der Waals surface area (Å²) in [6.45, 7) is 19.0. The fourth-order valence-corrected chi connectivity index (χ4v) is 4.50. The van der Waals surface area contributed by atoms with E-state index in [1.807, 2.05) is 28.1 Å².